The highest BCUT2D eigenvalue weighted by Gasteiger charge is 2.31. The summed E-state index contributed by atoms with van der Waals surface area (Å²) in [5.74, 6) is 0.217. The van der Waals surface area contributed by atoms with E-state index in [1.807, 2.05) is 18.2 Å². The van der Waals surface area contributed by atoms with Gasteiger partial charge in [0, 0.05) is 30.4 Å². The number of nitrogens with zero attached hydrogens (tertiary/aromatic N) is 1. The first-order valence-corrected chi connectivity index (χ1v) is 9.03. The fourth-order valence-electron chi connectivity index (χ4n) is 4.07. The second kappa shape index (κ2) is 7.92. The molecule has 4 rings (SSSR count). The molecule has 1 unspecified atom stereocenters. The van der Waals surface area contributed by atoms with E-state index in [2.05, 4.69) is 40.5 Å². The van der Waals surface area contributed by atoms with E-state index in [9.17, 15) is 4.79 Å². The summed E-state index contributed by atoms with van der Waals surface area (Å²) in [6, 6.07) is 17.0. The summed E-state index contributed by atoms with van der Waals surface area (Å²) in [6.07, 6.45) is 5.27. The molecule has 132 valence electrons. The highest BCUT2D eigenvalue weighted by atomic mass is 35.5. The van der Waals surface area contributed by atoms with Crippen molar-refractivity contribution in [2.45, 2.75) is 38.1 Å². The number of benzene rings is 2. The standard InChI is InChI=1S/C21H24N2O.ClH/c24-21(19-10-4-12-20-18(19)11-5-13-22-20)23-14-6-9-17(23)15-16-7-2-1-3-8-16;/h1-4,7-8,10,12,17,22H,5-6,9,11,13-15H2;1H. The number of rotatable bonds is 3. The van der Waals surface area contributed by atoms with Crippen LogP contribution in [0.25, 0.3) is 0 Å². The predicted molar refractivity (Wildman–Crippen MR) is 105 cm³/mol. The van der Waals surface area contributed by atoms with Crippen LogP contribution in [0.2, 0.25) is 0 Å². The van der Waals surface area contributed by atoms with Gasteiger partial charge in [-0.15, -0.1) is 12.4 Å². The molecule has 25 heavy (non-hydrogen) atoms. The van der Waals surface area contributed by atoms with Crippen molar-refractivity contribution in [3.8, 4) is 0 Å². The zero-order valence-electron chi connectivity index (χ0n) is 14.4. The van der Waals surface area contributed by atoms with Crippen molar-refractivity contribution in [1.82, 2.24) is 4.90 Å². The number of likely N-dealkylation sites (tertiary alicyclic amines) is 1. The van der Waals surface area contributed by atoms with Gasteiger partial charge in [0.25, 0.3) is 5.91 Å². The quantitative estimate of drug-likeness (QED) is 0.888. The van der Waals surface area contributed by atoms with Crippen LogP contribution < -0.4 is 5.32 Å². The van der Waals surface area contributed by atoms with Crippen molar-refractivity contribution >= 4 is 24.0 Å². The Kier molecular flexibility index (Phi) is 5.64. The second-order valence-electron chi connectivity index (χ2n) is 6.85. The molecule has 2 aromatic carbocycles. The van der Waals surface area contributed by atoms with E-state index >= 15 is 0 Å². The summed E-state index contributed by atoms with van der Waals surface area (Å²) in [5, 5.41) is 3.43. The van der Waals surface area contributed by atoms with Crippen molar-refractivity contribution in [2.24, 2.45) is 0 Å². The zero-order chi connectivity index (χ0) is 16.4. The Morgan fingerprint density at radius 1 is 1.08 bits per heavy atom. The largest absolute Gasteiger partial charge is 0.385 e. The van der Waals surface area contributed by atoms with Crippen LogP contribution in [0.1, 0.15) is 40.7 Å². The molecule has 1 saturated heterocycles. The minimum atomic E-state index is 0. The van der Waals surface area contributed by atoms with Crippen LogP contribution in [-0.2, 0) is 12.8 Å². The Labute approximate surface area is 155 Å². The van der Waals surface area contributed by atoms with Crippen molar-refractivity contribution in [1.29, 1.82) is 0 Å². The molecule has 2 aliphatic heterocycles. The van der Waals surface area contributed by atoms with Crippen molar-refractivity contribution < 1.29 is 4.79 Å². The topological polar surface area (TPSA) is 32.3 Å². The number of anilines is 1. The molecule has 0 aromatic heterocycles. The summed E-state index contributed by atoms with van der Waals surface area (Å²) in [6.45, 7) is 1.89. The van der Waals surface area contributed by atoms with Crippen LogP contribution >= 0.6 is 12.4 Å². The van der Waals surface area contributed by atoms with Gasteiger partial charge in [0.05, 0.1) is 0 Å². The maximum absolute atomic E-state index is 13.2. The number of hydrogen-bond acceptors (Lipinski definition) is 2. The lowest BCUT2D eigenvalue weighted by Gasteiger charge is -2.27. The molecule has 3 nitrogen and oxygen atoms in total. The lowest BCUT2D eigenvalue weighted by molar-refractivity contribution is 0.0735. The first-order valence-electron chi connectivity index (χ1n) is 9.03. The molecular formula is C21H25ClN2O. The average Bonchev–Trinajstić information content (AvgIpc) is 3.09. The SMILES string of the molecule is Cl.O=C(c1cccc2c1CCCN2)N1CCCC1Cc1ccccc1. The Morgan fingerprint density at radius 2 is 1.92 bits per heavy atom. The minimum Gasteiger partial charge on any atom is -0.385 e. The summed E-state index contributed by atoms with van der Waals surface area (Å²) in [7, 11) is 0. The third-order valence-electron chi connectivity index (χ3n) is 5.28. The minimum absolute atomic E-state index is 0. The Bertz CT molecular complexity index is 732. The van der Waals surface area contributed by atoms with Crippen molar-refractivity contribution in [2.75, 3.05) is 18.4 Å². The van der Waals surface area contributed by atoms with E-state index in [4.69, 9.17) is 0 Å². The number of hydrogen-bond donors (Lipinski definition) is 1. The number of fused-ring (bicyclic) bond motifs is 1. The van der Waals surface area contributed by atoms with Crippen LogP contribution in [0.5, 0.6) is 0 Å². The van der Waals surface area contributed by atoms with Gasteiger partial charge in [0.15, 0.2) is 0 Å². The van der Waals surface area contributed by atoms with Crippen molar-refractivity contribution in [3.63, 3.8) is 0 Å². The third kappa shape index (κ3) is 3.67. The summed E-state index contributed by atoms with van der Waals surface area (Å²) in [5.41, 5.74) is 4.57. The second-order valence-corrected chi connectivity index (χ2v) is 6.85. The molecular weight excluding hydrogens is 332 g/mol. The van der Waals surface area contributed by atoms with Crippen LogP contribution in [0.15, 0.2) is 48.5 Å². The molecule has 1 atom stereocenters. The molecule has 0 radical (unpaired) electrons. The average molecular weight is 357 g/mol. The van der Waals surface area contributed by atoms with Crippen molar-refractivity contribution in [3.05, 3.63) is 65.2 Å². The van der Waals surface area contributed by atoms with Gasteiger partial charge >= 0.3 is 0 Å². The molecule has 0 bridgehead atoms. The molecule has 1 N–H and O–H groups in total. The van der Waals surface area contributed by atoms with E-state index < -0.39 is 0 Å². The molecule has 0 aliphatic carbocycles. The van der Waals surface area contributed by atoms with Gasteiger partial charge in [-0.05, 0) is 55.4 Å². The molecule has 2 heterocycles. The number of nitrogens with one attached hydrogen (secondary N) is 1. The van der Waals surface area contributed by atoms with Crippen LogP contribution in [0.3, 0.4) is 0 Å². The molecule has 4 heteroatoms. The Balaban J connectivity index is 0.00000182. The van der Waals surface area contributed by atoms with Gasteiger partial charge < -0.3 is 10.2 Å². The van der Waals surface area contributed by atoms with Crippen LogP contribution in [0.4, 0.5) is 5.69 Å². The molecule has 1 amide bonds. The van der Waals surface area contributed by atoms with E-state index in [0.29, 0.717) is 6.04 Å². The first-order chi connectivity index (χ1) is 11.8. The van der Waals surface area contributed by atoms with Gasteiger partial charge in [-0.1, -0.05) is 36.4 Å². The smallest absolute Gasteiger partial charge is 0.254 e. The van der Waals surface area contributed by atoms with Gasteiger partial charge in [-0.2, -0.15) is 0 Å². The Morgan fingerprint density at radius 3 is 2.76 bits per heavy atom. The fourth-order valence-corrected chi connectivity index (χ4v) is 4.07. The van der Waals surface area contributed by atoms with E-state index in [0.717, 1.165) is 56.4 Å². The van der Waals surface area contributed by atoms with E-state index in [-0.39, 0.29) is 18.3 Å². The first kappa shape index (κ1) is 17.8. The number of carbonyl (C=O) groups excluding carboxylic acids is 1. The monoisotopic (exact) mass is 356 g/mol. The molecule has 2 aromatic rings. The third-order valence-corrected chi connectivity index (χ3v) is 5.28. The number of carbonyl (C=O) groups is 1. The predicted octanol–water partition coefficient (Wildman–Crippen LogP) is 4.31. The summed E-state index contributed by atoms with van der Waals surface area (Å²) in [4.78, 5) is 15.3. The van der Waals surface area contributed by atoms with Gasteiger partial charge in [-0.25, -0.2) is 0 Å². The van der Waals surface area contributed by atoms with Gasteiger partial charge in [0.1, 0.15) is 0 Å². The fraction of sp³-hybridized carbons (Fsp3) is 0.381. The van der Waals surface area contributed by atoms with Gasteiger partial charge in [-0.3, -0.25) is 4.79 Å². The molecule has 1 fully saturated rings. The zero-order valence-corrected chi connectivity index (χ0v) is 15.2. The highest BCUT2D eigenvalue weighted by molar-refractivity contribution is 5.97. The maximum atomic E-state index is 13.2. The number of amides is 1. The van der Waals surface area contributed by atoms with Crippen LogP contribution in [0, 0.1) is 0 Å². The van der Waals surface area contributed by atoms with E-state index in [1.54, 1.807) is 0 Å². The maximum Gasteiger partial charge on any atom is 0.254 e. The van der Waals surface area contributed by atoms with E-state index in [1.165, 1.54) is 11.1 Å². The molecule has 2 aliphatic rings. The van der Waals surface area contributed by atoms with Crippen LogP contribution in [-0.4, -0.2) is 29.9 Å². The summed E-state index contributed by atoms with van der Waals surface area (Å²) < 4.78 is 0. The lowest BCUT2D eigenvalue weighted by atomic mass is 9.96. The number of halogens is 1. The highest BCUT2D eigenvalue weighted by Crippen LogP contribution is 2.29. The molecule has 0 spiro atoms. The Hall–Kier alpha value is -2.00. The lowest BCUT2D eigenvalue weighted by Crippen LogP contribution is -2.37. The molecule has 0 saturated carbocycles. The summed E-state index contributed by atoms with van der Waals surface area (Å²) >= 11 is 0. The van der Waals surface area contributed by atoms with Gasteiger partial charge in [0.2, 0.25) is 0 Å². The normalized spacial score (nSPS) is 18.9.